The summed E-state index contributed by atoms with van der Waals surface area (Å²) in [6.45, 7) is 1.95. The van der Waals surface area contributed by atoms with Crippen LogP contribution in [0.1, 0.15) is 46.9 Å². The normalized spacial score (nSPS) is 25.5. The standard InChI is InChI=1S/C14H17N5O3/c1-19-6-9(7-19)14-17-16-13(22-14)8-4-10(5-8)15-12(20)11-2-3-21-18-11/h2-3,8-10H,4-7H2,1H3,(H,15,20)/t8-,10-. The molecule has 1 saturated carbocycles. The molecule has 0 atom stereocenters. The van der Waals surface area contributed by atoms with Crippen LogP contribution in [-0.4, -0.2) is 52.3 Å². The molecule has 1 N–H and O–H groups in total. The average molecular weight is 303 g/mol. The van der Waals surface area contributed by atoms with Crippen LogP contribution in [0.4, 0.5) is 0 Å². The molecule has 4 rings (SSSR count). The molecular formula is C14H17N5O3. The van der Waals surface area contributed by atoms with Gasteiger partial charge in [-0.25, -0.2) is 0 Å². The van der Waals surface area contributed by atoms with E-state index in [1.54, 1.807) is 6.07 Å². The predicted octanol–water partition coefficient (Wildman–Crippen LogP) is 0.763. The van der Waals surface area contributed by atoms with Crippen molar-refractivity contribution >= 4 is 5.91 Å². The topological polar surface area (TPSA) is 97.3 Å². The van der Waals surface area contributed by atoms with E-state index in [0.717, 1.165) is 31.8 Å². The molecular weight excluding hydrogens is 286 g/mol. The van der Waals surface area contributed by atoms with E-state index in [1.165, 1.54) is 6.26 Å². The van der Waals surface area contributed by atoms with Crippen molar-refractivity contribution < 1.29 is 13.7 Å². The second-order valence-corrected chi connectivity index (χ2v) is 6.12. The Balaban J connectivity index is 1.29. The summed E-state index contributed by atoms with van der Waals surface area (Å²) in [5.74, 6) is 1.83. The van der Waals surface area contributed by atoms with E-state index in [4.69, 9.17) is 4.42 Å². The molecule has 3 heterocycles. The Labute approximate surface area is 126 Å². The van der Waals surface area contributed by atoms with Crippen LogP contribution in [0, 0.1) is 0 Å². The third-order valence-corrected chi connectivity index (χ3v) is 4.36. The summed E-state index contributed by atoms with van der Waals surface area (Å²) in [6.07, 6.45) is 3.02. The first-order valence-corrected chi connectivity index (χ1v) is 7.42. The van der Waals surface area contributed by atoms with Crippen LogP contribution in [0.15, 0.2) is 21.3 Å². The van der Waals surface area contributed by atoms with Crippen molar-refractivity contribution in [1.29, 1.82) is 0 Å². The van der Waals surface area contributed by atoms with Crippen molar-refractivity contribution in [1.82, 2.24) is 25.6 Å². The van der Waals surface area contributed by atoms with Crippen LogP contribution in [-0.2, 0) is 0 Å². The van der Waals surface area contributed by atoms with Gasteiger partial charge in [0.25, 0.3) is 5.91 Å². The first-order valence-electron chi connectivity index (χ1n) is 7.42. The van der Waals surface area contributed by atoms with Crippen LogP contribution >= 0.6 is 0 Å². The maximum absolute atomic E-state index is 11.8. The van der Waals surface area contributed by atoms with E-state index in [2.05, 4.69) is 37.1 Å². The largest absolute Gasteiger partial charge is 0.425 e. The molecule has 0 aromatic carbocycles. The highest BCUT2D eigenvalue weighted by molar-refractivity contribution is 5.92. The van der Waals surface area contributed by atoms with Gasteiger partial charge in [-0.15, -0.1) is 10.2 Å². The summed E-state index contributed by atoms with van der Waals surface area (Å²) in [4.78, 5) is 14.0. The Bertz CT molecular complexity index is 656. The minimum atomic E-state index is -0.207. The molecule has 2 aromatic heterocycles. The number of nitrogens with one attached hydrogen (secondary N) is 1. The molecule has 1 aliphatic carbocycles. The molecule has 2 aromatic rings. The minimum Gasteiger partial charge on any atom is -0.425 e. The summed E-state index contributed by atoms with van der Waals surface area (Å²) >= 11 is 0. The van der Waals surface area contributed by atoms with Crippen LogP contribution in [0.2, 0.25) is 0 Å². The number of likely N-dealkylation sites (tertiary alicyclic amines) is 1. The molecule has 2 aliphatic rings. The Kier molecular flexibility index (Phi) is 3.18. The second kappa shape index (κ2) is 5.20. The van der Waals surface area contributed by atoms with Crippen molar-refractivity contribution in [2.75, 3.05) is 20.1 Å². The number of hydrogen-bond donors (Lipinski definition) is 1. The summed E-state index contributed by atoms with van der Waals surface area (Å²) in [5, 5.41) is 14.8. The van der Waals surface area contributed by atoms with Gasteiger partial charge in [0.05, 0.1) is 5.92 Å². The number of rotatable bonds is 4. The van der Waals surface area contributed by atoms with Gasteiger partial charge < -0.3 is 19.2 Å². The van der Waals surface area contributed by atoms with Gasteiger partial charge in [0.1, 0.15) is 6.26 Å². The maximum Gasteiger partial charge on any atom is 0.273 e. The number of carbonyl (C=O) groups excluding carboxylic acids is 1. The van der Waals surface area contributed by atoms with Gasteiger partial charge in [-0.3, -0.25) is 4.79 Å². The Hall–Kier alpha value is -2.22. The molecule has 0 radical (unpaired) electrons. The van der Waals surface area contributed by atoms with E-state index >= 15 is 0 Å². The molecule has 116 valence electrons. The van der Waals surface area contributed by atoms with E-state index in [-0.39, 0.29) is 17.9 Å². The SMILES string of the molecule is CN1CC(c2nnc([C@H]3C[C@H](NC(=O)c4ccon4)C3)o2)C1. The molecule has 1 saturated heterocycles. The first kappa shape index (κ1) is 13.4. The smallest absolute Gasteiger partial charge is 0.273 e. The monoisotopic (exact) mass is 303 g/mol. The molecule has 8 heteroatoms. The number of nitrogens with zero attached hydrogens (tertiary/aromatic N) is 4. The summed E-state index contributed by atoms with van der Waals surface area (Å²) in [5.41, 5.74) is 0.303. The van der Waals surface area contributed by atoms with Gasteiger partial charge in [0, 0.05) is 31.1 Å². The Morgan fingerprint density at radius 3 is 2.64 bits per heavy atom. The lowest BCUT2D eigenvalue weighted by atomic mass is 9.80. The Morgan fingerprint density at radius 1 is 1.27 bits per heavy atom. The number of hydrogen-bond acceptors (Lipinski definition) is 7. The maximum atomic E-state index is 11.8. The highest BCUT2D eigenvalue weighted by Crippen LogP contribution is 2.37. The predicted molar refractivity (Wildman–Crippen MR) is 74.3 cm³/mol. The zero-order valence-corrected chi connectivity index (χ0v) is 12.2. The molecule has 8 nitrogen and oxygen atoms in total. The molecule has 2 fully saturated rings. The van der Waals surface area contributed by atoms with Gasteiger partial charge in [-0.05, 0) is 19.9 Å². The molecule has 22 heavy (non-hydrogen) atoms. The van der Waals surface area contributed by atoms with Crippen LogP contribution in [0.5, 0.6) is 0 Å². The van der Waals surface area contributed by atoms with Gasteiger partial charge >= 0.3 is 0 Å². The van der Waals surface area contributed by atoms with Gasteiger partial charge in [-0.2, -0.15) is 0 Å². The third kappa shape index (κ3) is 2.39. The van der Waals surface area contributed by atoms with E-state index in [9.17, 15) is 4.79 Å². The molecule has 0 unspecified atom stereocenters. The zero-order valence-electron chi connectivity index (χ0n) is 12.2. The fourth-order valence-corrected chi connectivity index (χ4v) is 2.96. The molecule has 0 bridgehead atoms. The molecule has 1 amide bonds. The van der Waals surface area contributed by atoms with Crippen molar-refractivity contribution in [3.8, 4) is 0 Å². The van der Waals surface area contributed by atoms with E-state index in [0.29, 0.717) is 17.5 Å². The number of carbonyl (C=O) groups is 1. The number of amides is 1. The summed E-state index contributed by atoms with van der Waals surface area (Å²) in [7, 11) is 2.07. The molecule has 1 aliphatic heterocycles. The highest BCUT2D eigenvalue weighted by atomic mass is 16.5. The van der Waals surface area contributed by atoms with Gasteiger partial charge in [0.15, 0.2) is 5.69 Å². The minimum absolute atomic E-state index is 0.124. The number of likely N-dealkylation sites (N-methyl/N-ethyl adjacent to an activating group) is 1. The van der Waals surface area contributed by atoms with Crippen molar-refractivity contribution in [2.24, 2.45) is 0 Å². The zero-order chi connectivity index (χ0) is 15.1. The lowest BCUT2D eigenvalue weighted by Crippen LogP contribution is -2.43. The van der Waals surface area contributed by atoms with Crippen LogP contribution in [0.25, 0.3) is 0 Å². The van der Waals surface area contributed by atoms with E-state index < -0.39 is 0 Å². The van der Waals surface area contributed by atoms with Gasteiger partial charge in [0.2, 0.25) is 11.8 Å². The van der Waals surface area contributed by atoms with Gasteiger partial charge in [-0.1, -0.05) is 5.16 Å². The summed E-state index contributed by atoms with van der Waals surface area (Å²) in [6, 6.07) is 1.67. The van der Waals surface area contributed by atoms with Crippen molar-refractivity contribution in [3.63, 3.8) is 0 Å². The lowest BCUT2D eigenvalue weighted by molar-refractivity contribution is 0.0892. The fraction of sp³-hybridized carbons (Fsp3) is 0.571. The summed E-state index contributed by atoms with van der Waals surface area (Å²) < 4.78 is 10.4. The molecule has 0 spiro atoms. The quantitative estimate of drug-likeness (QED) is 0.890. The van der Waals surface area contributed by atoms with Crippen molar-refractivity contribution in [3.05, 3.63) is 29.8 Å². The van der Waals surface area contributed by atoms with Crippen LogP contribution in [0.3, 0.4) is 0 Å². The first-order chi connectivity index (χ1) is 10.7. The van der Waals surface area contributed by atoms with Crippen LogP contribution < -0.4 is 5.32 Å². The number of aromatic nitrogens is 3. The Morgan fingerprint density at radius 2 is 2.00 bits per heavy atom. The second-order valence-electron chi connectivity index (χ2n) is 6.12. The average Bonchev–Trinajstić information content (AvgIpc) is 3.09. The van der Waals surface area contributed by atoms with Crippen molar-refractivity contribution in [2.45, 2.75) is 30.7 Å². The third-order valence-electron chi connectivity index (χ3n) is 4.36. The highest BCUT2D eigenvalue weighted by Gasteiger charge is 2.37. The van der Waals surface area contributed by atoms with E-state index in [1.807, 2.05) is 0 Å². The lowest BCUT2D eigenvalue weighted by Gasteiger charge is -2.34. The fourth-order valence-electron chi connectivity index (χ4n) is 2.96.